The van der Waals surface area contributed by atoms with Crippen LogP contribution in [0.1, 0.15) is 33.1 Å². The second-order valence-electron chi connectivity index (χ2n) is 5.27. The first kappa shape index (κ1) is 15.4. The molecule has 0 saturated carbocycles. The highest BCUT2D eigenvalue weighted by atomic mass is 32.2. The standard InChI is InChI=1S/C16H24N2OS/c1-3-16(9-11-17-12-10-16)15(19)18-13-7-5-6-8-14(13)20-4-2/h5-8,17H,3-4,9-12H2,1-2H3,(H,18,19). The minimum absolute atomic E-state index is 0.186. The van der Waals surface area contributed by atoms with Crippen LogP contribution in [0.5, 0.6) is 0 Å². The highest BCUT2D eigenvalue weighted by Gasteiger charge is 2.37. The van der Waals surface area contributed by atoms with E-state index in [4.69, 9.17) is 0 Å². The van der Waals surface area contributed by atoms with Gasteiger partial charge < -0.3 is 10.6 Å². The number of carbonyl (C=O) groups is 1. The first-order valence-electron chi connectivity index (χ1n) is 7.46. The second-order valence-corrected chi connectivity index (χ2v) is 6.57. The van der Waals surface area contributed by atoms with E-state index in [9.17, 15) is 4.79 Å². The van der Waals surface area contributed by atoms with Crippen LogP contribution in [0.2, 0.25) is 0 Å². The van der Waals surface area contributed by atoms with E-state index < -0.39 is 0 Å². The maximum Gasteiger partial charge on any atom is 0.230 e. The molecular formula is C16H24N2OS. The summed E-state index contributed by atoms with van der Waals surface area (Å²) in [4.78, 5) is 13.9. The van der Waals surface area contributed by atoms with Crippen LogP contribution < -0.4 is 10.6 Å². The van der Waals surface area contributed by atoms with Crippen LogP contribution in [0, 0.1) is 5.41 Å². The highest BCUT2D eigenvalue weighted by molar-refractivity contribution is 7.99. The van der Waals surface area contributed by atoms with E-state index in [0.29, 0.717) is 0 Å². The Morgan fingerprint density at radius 2 is 2.00 bits per heavy atom. The first-order chi connectivity index (χ1) is 9.72. The number of para-hydroxylation sites is 1. The Bertz CT molecular complexity index is 456. The third-order valence-electron chi connectivity index (χ3n) is 4.15. The van der Waals surface area contributed by atoms with E-state index in [0.717, 1.165) is 48.7 Å². The Balaban J connectivity index is 2.14. The molecule has 0 unspecified atom stereocenters. The lowest BCUT2D eigenvalue weighted by atomic mass is 9.76. The van der Waals surface area contributed by atoms with E-state index in [-0.39, 0.29) is 11.3 Å². The van der Waals surface area contributed by atoms with Gasteiger partial charge in [-0.25, -0.2) is 0 Å². The summed E-state index contributed by atoms with van der Waals surface area (Å²) in [5.74, 6) is 1.20. The Hall–Kier alpha value is -1.00. The summed E-state index contributed by atoms with van der Waals surface area (Å²) < 4.78 is 0. The molecule has 0 aliphatic carbocycles. The smallest absolute Gasteiger partial charge is 0.230 e. The zero-order valence-corrected chi connectivity index (χ0v) is 13.2. The number of piperidine rings is 1. The third-order valence-corrected chi connectivity index (χ3v) is 5.11. The zero-order chi connectivity index (χ0) is 14.4. The number of rotatable bonds is 5. The minimum Gasteiger partial charge on any atom is -0.325 e. The number of thioether (sulfide) groups is 1. The van der Waals surface area contributed by atoms with Crippen LogP contribution in [0.4, 0.5) is 5.69 Å². The van der Waals surface area contributed by atoms with E-state index in [2.05, 4.69) is 30.5 Å². The molecule has 0 radical (unpaired) electrons. The second kappa shape index (κ2) is 7.14. The van der Waals surface area contributed by atoms with Gasteiger partial charge in [0.2, 0.25) is 5.91 Å². The molecule has 1 heterocycles. The van der Waals surface area contributed by atoms with Crippen molar-refractivity contribution in [1.29, 1.82) is 0 Å². The average Bonchev–Trinajstić information content (AvgIpc) is 2.50. The average molecular weight is 292 g/mol. The summed E-state index contributed by atoms with van der Waals surface area (Å²) in [6.07, 6.45) is 2.76. The normalized spacial score (nSPS) is 17.7. The number of carbonyl (C=O) groups excluding carboxylic acids is 1. The van der Waals surface area contributed by atoms with Gasteiger partial charge in [-0.1, -0.05) is 26.0 Å². The fraction of sp³-hybridized carbons (Fsp3) is 0.562. The molecular weight excluding hydrogens is 268 g/mol. The number of anilines is 1. The topological polar surface area (TPSA) is 41.1 Å². The molecule has 3 nitrogen and oxygen atoms in total. The molecule has 0 aromatic heterocycles. The number of nitrogens with one attached hydrogen (secondary N) is 2. The third kappa shape index (κ3) is 3.36. The van der Waals surface area contributed by atoms with E-state index in [1.165, 1.54) is 0 Å². The number of amides is 1. The molecule has 20 heavy (non-hydrogen) atoms. The largest absolute Gasteiger partial charge is 0.325 e. The predicted molar refractivity (Wildman–Crippen MR) is 86.3 cm³/mol. The minimum atomic E-state index is -0.199. The van der Waals surface area contributed by atoms with Crippen LogP contribution in [0.25, 0.3) is 0 Å². The summed E-state index contributed by atoms with van der Waals surface area (Å²) in [5.41, 5.74) is 0.755. The van der Waals surface area contributed by atoms with E-state index in [1.54, 1.807) is 11.8 Å². The van der Waals surface area contributed by atoms with Crippen molar-refractivity contribution in [1.82, 2.24) is 5.32 Å². The van der Waals surface area contributed by atoms with Crippen molar-refractivity contribution in [2.75, 3.05) is 24.2 Å². The lowest BCUT2D eigenvalue weighted by Crippen LogP contribution is -2.44. The van der Waals surface area contributed by atoms with Gasteiger partial charge in [-0.15, -0.1) is 11.8 Å². The molecule has 1 aliphatic heterocycles. The van der Waals surface area contributed by atoms with Crippen LogP contribution in [-0.4, -0.2) is 24.7 Å². The van der Waals surface area contributed by atoms with E-state index in [1.807, 2.05) is 18.2 Å². The molecule has 1 aromatic carbocycles. The monoisotopic (exact) mass is 292 g/mol. The van der Waals surface area contributed by atoms with Gasteiger partial charge in [0, 0.05) is 4.90 Å². The maximum atomic E-state index is 12.7. The Morgan fingerprint density at radius 1 is 1.30 bits per heavy atom. The number of benzene rings is 1. The van der Waals surface area contributed by atoms with Crippen LogP contribution in [0.15, 0.2) is 29.2 Å². The SMILES string of the molecule is CCSc1ccccc1NC(=O)C1(CC)CCNCC1. The molecule has 0 atom stereocenters. The van der Waals surface area contributed by atoms with Gasteiger partial charge in [-0.2, -0.15) is 0 Å². The zero-order valence-electron chi connectivity index (χ0n) is 12.4. The Kier molecular flexibility index (Phi) is 5.49. The molecule has 2 N–H and O–H groups in total. The van der Waals surface area contributed by atoms with Crippen molar-refractivity contribution in [3.8, 4) is 0 Å². The van der Waals surface area contributed by atoms with Gasteiger partial charge >= 0.3 is 0 Å². The molecule has 1 saturated heterocycles. The van der Waals surface area contributed by atoms with Gasteiger partial charge in [0.05, 0.1) is 11.1 Å². The molecule has 110 valence electrons. The molecule has 1 fully saturated rings. The lowest BCUT2D eigenvalue weighted by Gasteiger charge is -2.35. The molecule has 2 rings (SSSR count). The quantitative estimate of drug-likeness (QED) is 0.816. The van der Waals surface area contributed by atoms with Crippen molar-refractivity contribution in [3.05, 3.63) is 24.3 Å². The van der Waals surface area contributed by atoms with Crippen molar-refractivity contribution in [2.24, 2.45) is 5.41 Å². The van der Waals surface area contributed by atoms with Crippen LogP contribution >= 0.6 is 11.8 Å². The van der Waals surface area contributed by atoms with Crippen molar-refractivity contribution >= 4 is 23.4 Å². The lowest BCUT2D eigenvalue weighted by molar-refractivity contribution is -0.127. The van der Waals surface area contributed by atoms with E-state index >= 15 is 0 Å². The van der Waals surface area contributed by atoms with Gasteiger partial charge in [-0.05, 0) is 50.2 Å². The molecule has 1 amide bonds. The summed E-state index contributed by atoms with van der Waals surface area (Å²) >= 11 is 1.77. The highest BCUT2D eigenvalue weighted by Crippen LogP contribution is 2.35. The van der Waals surface area contributed by atoms with Crippen molar-refractivity contribution in [2.45, 2.75) is 38.0 Å². The molecule has 1 aromatic rings. The summed E-state index contributed by atoms with van der Waals surface area (Å²) in [6.45, 7) is 6.13. The van der Waals surface area contributed by atoms with Crippen molar-refractivity contribution in [3.63, 3.8) is 0 Å². The predicted octanol–water partition coefficient (Wildman–Crippen LogP) is 3.52. The number of hydrogen-bond donors (Lipinski definition) is 2. The summed E-state index contributed by atoms with van der Waals surface area (Å²) in [6, 6.07) is 8.08. The molecule has 1 aliphatic rings. The van der Waals surface area contributed by atoms with Crippen molar-refractivity contribution < 1.29 is 4.79 Å². The molecule has 0 bridgehead atoms. The maximum absolute atomic E-state index is 12.7. The van der Waals surface area contributed by atoms with Gasteiger partial charge in [-0.3, -0.25) is 4.79 Å². The van der Waals surface area contributed by atoms with Gasteiger partial charge in [0.1, 0.15) is 0 Å². The van der Waals surface area contributed by atoms with Gasteiger partial charge in [0.25, 0.3) is 0 Å². The fourth-order valence-electron chi connectivity index (χ4n) is 2.75. The summed E-state index contributed by atoms with van der Waals surface area (Å²) in [5, 5.41) is 6.51. The van der Waals surface area contributed by atoms with Crippen LogP contribution in [-0.2, 0) is 4.79 Å². The first-order valence-corrected chi connectivity index (χ1v) is 8.44. The Labute approximate surface area is 125 Å². The Morgan fingerprint density at radius 3 is 2.65 bits per heavy atom. The van der Waals surface area contributed by atoms with Crippen LogP contribution in [0.3, 0.4) is 0 Å². The molecule has 4 heteroatoms. The number of hydrogen-bond acceptors (Lipinski definition) is 3. The molecule has 0 spiro atoms. The summed E-state index contributed by atoms with van der Waals surface area (Å²) in [7, 11) is 0. The fourth-order valence-corrected chi connectivity index (χ4v) is 3.51. The van der Waals surface area contributed by atoms with Gasteiger partial charge in [0.15, 0.2) is 0 Å².